The molecule has 1 aliphatic heterocycles. The smallest absolute Gasteiger partial charge is 0.339 e. The summed E-state index contributed by atoms with van der Waals surface area (Å²) in [7, 11) is -2.68. The van der Waals surface area contributed by atoms with Crippen molar-refractivity contribution in [1.82, 2.24) is 10.4 Å². The van der Waals surface area contributed by atoms with E-state index in [4.69, 9.17) is 21.1 Å². The highest BCUT2D eigenvalue weighted by atomic mass is 32.2. The Morgan fingerprint density at radius 3 is 2.53 bits per heavy atom. The zero-order chi connectivity index (χ0) is 24.3. The quantitative estimate of drug-likeness (QED) is 0.276. The number of methoxy groups -OCH3 is 1. The van der Waals surface area contributed by atoms with Crippen LogP contribution in [0.4, 0.5) is 0 Å². The average molecular weight is 533 g/mol. The van der Waals surface area contributed by atoms with Crippen molar-refractivity contribution >= 4 is 67.6 Å². The van der Waals surface area contributed by atoms with Gasteiger partial charge in [0.2, 0.25) is 0 Å². The Morgan fingerprint density at radius 1 is 1.09 bits per heavy atom. The fraction of sp³-hybridized carbons (Fsp3) is 0.0455. The Balaban J connectivity index is 1.53. The minimum atomic E-state index is -4.05. The first-order valence-electron chi connectivity index (χ1n) is 9.58. The molecule has 2 amide bonds. The van der Waals surface area contributed by atoms with Gasteiger partial charge in [-0.1, -0.05) is 42.1 Å². The third kappa shape index (κ3) is 5.14. The number of hydrogen-bond donors (Lipinski definition) is 1. The maximum absolute atomic E-state index is 12.8. The summed E-state index contributed by atoms with van der Waals surface area (Å²) in [5, 5.41) is 2.78. The summed E-state index contributed by atoms with van der Waals surface area (Å²) in [6.45, 7) is 0. The molecule has 0 saturated carbocycles. The predicted octanol–water partition coefficient (Wildman–Crippen LogP) is 4.07. The summed E-state index contributed by atoms with van der Waals surface area (Å²) in [5.74, 6) is -0.754. The van der Waals surface area contributed by atoms with Crippen LogP contribution in [-0.2, 0) is 14.9 Å². The lowest BCUT2D eigenvalue weighted by molar-refractivity contribution is -0.123. The lowest BCUT2D eigenvalue weighted by atomic mass is 10.2. The van der Waals surface area contributed by atoms with E-state index in [0.717, 1.165) is 16.8 Å². The molecule has 0 unspecified atom stereocenters. The molecule has 1 aliphatic rings. The van der Waals surface area contributed by atoms with Gasteiger partial charge in [0.15, 0.2) is 15.8 Å². The van der Waals surface area contributed by atoms with E-state index in [1.54, 1.807) is 47.9 Å². The fourth-order valence-corrected chi connectivity index (χ4v) is 5.63. The number of thiophene rings is 1. The van der Waals surface area contributed by atoms with E-state index >= 15 is 0 Å². The highest BCUT2D eigenvalue weighted by Crippen LogP contribution is 2.35. The van der Waals surface area contributed by atoms with Crippen LogP contribution in [0.3, 0.4) is 0 Å². The Kier molecular flexibility index (Phi) is 7.03. The van der Waals surface area contributed by atoms with E-state index < -0.39 is 21.9 Å². The van der Waals surface area contributed by atoms with Crippen LogP contribution in [0.1, 0.15) is 15.2 Å². The molecular weight excluding hydrogens is 517 g/mol. The first-order valence-corrected chi connectivity index (χ1v) is 13.1. The number of hydrazine groups is 1. The minimum absolute atomic E-state index is 0.000682. The maximum Gasteiger partial charge on any atom is 0.339 e. The van der Waals surface area contributed by atoms with Crippen LogP contribution in [0.5, 0.6) is 11.5 Å². The number of ether oxygens (including phenoxy) is 1. The third-order valence-electron chi connectivity index (χ3n) is 4.47. The lowest BCUT2D eigenvalue weighted by Crippen LogP contribution is -2.44. The van der Waals surface area contributed by atoms with Gasteiger partial charge in [0.1, 0.15) is 4.90 Å². The van der Waals surface area contributed by atoms with E-state index in [0.29, 0.717) is 10.4 Å². The van der Waals surface area contributed by atoms with Gasteiger partial charge in [-0.15, -0.1) is 11.3 Å². The Hall–Kier alpha value is -3.19. The van der Waals surface area contributed by atoms with E-state index in [2.05, 4.69) is 5.43 Å². The standard InChI is InChI=1S/C22H16N2O6S4/c1-29-17-12-14(9-10-16(17)30-34(27,28)15-6-3-2-4-7-15)13-19-21(26)24(22(31)33-19)23-20(25)18-8-5-11-32-18/h2-13H,1H3,(H,23,25)/b19-13-. The largest absolute Gasteiger partial charge is 0.493 e. The number of thioether (sulfide) groups is 1. The molecule has 1 fully saturated rings. The topological polar surface area (TPSA) is 102 Å². The fourth-order valence-electron chi connectivity index (χ4n) is 2.88. The molecule has 3 aromatic rings. The van der Waals surface area contributed by atoms with Crippen LogP contribution in [0, 0.1) is 0 Å². The monoisotopic (exact) mass is 532 g/mol. The van der Waals surface area contributed by atoms with Crippen LogP contribution in [0.2, 0.25) is 0 Å². The molecule has 1 saturated heterocycles. The molecule has 2 aromatic carbocycles. The molecule has 1 N–H and O–H groups in total. The Bertz CT molecular complexity index is 1390. The number of thiocarbonyl (C=S) groups is 1. The van der Waals surface area contributed by atoms with Crippen molar-refractivity contribution in [3.8, 4) is 11.5 Å². The first kappa shape index (κ1) is 24.0. The maximum atomic E-state index is 12.8. The van der Waals surface area contributed by atoms with Crippen molar-refractivity contribution in [2.75, 3.05) is 7.11 Å². The van der Waals surface area contributed by atoms with Gasteiger partial charge in [-0.25, -0.2) is 0 Å². The van der Waals surface area contributed by atoms with Crippen LogP contribution < -0.4 is 14.3 Å². The summed E-state index contributed by atoms with van der Waals surface area (Å²) in [5.41, 5.74) is 3.06. The second-order valence-corrected chi connectivity index (χ2v) is 10.9. The number of carbonyl (C=O) groups excluding carboxylic acids is 2. The molecule has 2 heterocycles. The molecule has 0 aliphatic carbocycles. The van der Waals surface area contributed by atoms with Gasteiger partial charge in [-0.05, 0) is 59.6 Å². The Morgan fingerprint density at radius 2 is 1.85 bits per heavy atom. The van der Waals surface area contributed by atoms with Gasteiger partial charge in [0.05, 0.1) is 16.9 Å². The molecule has 8 nitrogen and oxygen atoms in total. The number of benzene rings is 2. The SMILES string of the molecule is COc1cc(/C=C2\SC(=S)N(NC(=O)c3cccs3)C2=O)ccc1OS(=O)(=O)c1ccccc1. The number of amides is 2. The summed E-state index contributed by atoms with van der Waals surface area (Å²) in [4.78, 5) is 25.8. The number of rotatable bonds is 7. The van der Waals surface area contributed by atoms with Gasteiger partial charge in [0, 0.05) is 0 Å². The molecule has 0 bridgehead atoms. The van der Waals surface area contributed by atoms with Crippen LogP contribution in [0.15, 0.2) is 75.8 Å². The van der Waals surface area contributed by atoms with Crippen LogP contribution >= 0.6 is 35.3 Å². The van der Waals surface area contributed by atoms with Gasteiger partial charge in [-0.2, -0.15) is 13.4 Å². The van der Waals surface area contributed by atoms with Crippen LogP contribution in [-0.4, -0.2) is 36.7 Å². The zero-order valence-corrected chi connectivity index (χ0v) is 20.7. The molecule has 12 heteroatoms. The van der Waals surface area contributed by atoms with Gasteiger partial charge >= 0.3 is 10.1 Å². The number of carbonyl (C=O) groups is 2. The molecule has 4 rings (SSSR count). The van der Waals surface area contributed by atoms with E-state index in [9.17, 15) is 18.0 Å². The van der Waals surface area contributed by atoms with Crippen molar-refractivity contribution in [1.29, 1.82) is 0 Å². The van der Waals surface area contributed by atoms with E-state index in [-0.39, 0.29) is 25.6 Å². The lowest BCUT2D eigenvalue weighted by Gasteiger charge is -2.14. The predicted molar refractivity (Wildman–Crippen MR) is 134 cm³/mol. The van der Waals surface area contributed by atoms with Crippen molar-refractivity contribution in [2.24, 2.45) is 0 Å². The Labute approximate surface area is 209 Å². The highest BCUT2D eigenvalue weighted by Gasteiger charge is 2.34. The van der Waals surface area contributed by atoms with Crippen molar-refractivity contribution in [2.45, 2.75) is 4.90 Å². The molecule has 0 atom stereocenters. The van der Waals surface area contributed by atoms with E-state index in [1.807, 2.05) is 0 Å². The van der Waals surface area contributed by atoms with Gasteiger partial charge in [0.25, 0.3) is 11.8 Å². The van der Waals surface area contributed by atoms with E-state index in [1.165, 1.54) is 42.7 Å². The zero-order valence-electron chi connectivity index (χ0n) is 17.5. The van der Waals surface area contributed by atoms with Crippen LogP contribution in [0.25, 0.3) is 6.08 Å². The third-order valence-corrected chi connectivity index (χ3v) is 7.89. The molecule has 34 heavy (non-hydrogen) atoms. The number of nitrogens with one attached hydrogen (secondary N) is 1. The van der Waals surface area contributed by atoms with Crippen molar-refractivity contribution in [3.05, 3.63) is 81.4 Å². The second kappa shape index (κ2) is 9.97. The normalized spacial score (nSPS) is 15.0. The average Bonchev–Trinajstić information content (AvgIpc) is 3.45. The highest BCUT2D eigenvalue weighted by molar-refractivity contribution is 8.26. The molecular formula is C22H16N2O6S4. The summed E-state index contributed by atoms with van der Waals surface area (Å²) < 4.78 is 35.8. The first-order chi connectivity index (χ1) is 16.3. The number of hydrogen-bond acceptors (Lipinski definition) is 9. The molecule has 174 valence electrons. The molecule has 1 aromatic heterocycles. The van der Waals surface area contributed by atoms with Gasteiger partial charge in [-0.3, -0.25) is 15.0 Å². The summed E-state index contributed by atoms with van der Waals surface area (Å²) >= 11 is 7.51. The van der Waals surface area contributed by atoms with Crippen molar-refractivity contribution in [3.63, 3.8) is 0 Å². The molecule has 0 radical (unpaired) electrons. The molecule has 0 spiro atoms. The van der Waals surface area contributed by atoms with Crippen molar-refractivity contribution < 1.29 is 26.9 Å². The minimum Gasteiger partial charge on any atom is -0.493 e. The number of nitrogens with zero attached hydrogens (tertiary/aromatic N) is 1. The summed E-state index contributed by atoms with van der Waals surface area (Å²) in [6, 6.07) is 15.7. The summed E-state index contributed by atoms with van der Waals surface area (Å²) in [6.07, 6.45) is 1.56. The van der Waals surface area contributed by atoms with Gasteiger partial charge < -0.3 is 8.92 Å². The second-order valence-electron chi connectivity index (χ2n) is 6.70.